The summed E-state index contributed by atoms with van der Waals surface area (Å²) in [6, 6.07) is 16.0. The Kier molecular flexibility index (Phi) is 7.22. The molecular weight excluding hydrogens is 468 g/mol. The van der Waals surface area contributed by atoms with E-state index in [0.29, 0.717) is 25.9 Å². The Labute approximate surface area is 206 Å². The van der Waals surface area contributed by atoms with Crippen LogP contribution >= 0.6 is 0 Å². The van der Waals surface area contributed by atoms with Gasteiger partial charge in [0.05, 0.1) is 48.9 Å². The molecule has 4 atom stereocenters. The highest BCUT2D eigenvalue weighted by Crippen LogP contribution is 2.32. The van der Waals surface area contributed by atoms with Gasteiger partial charge in [-0.15, -0.1) is 0 Å². The Balaban J connectivity index is 1.28. The van der Waals surface area contributed by atoms with Crippen molar-refractivity contribution in [1.82, 2.24) is 9.21 Å². The highest BCUT2D eigenvalue weighted by atomic mass is 32.2. The first-order valence-corrected chi connectivity index (χ1v) is 13.7. The van der Waals surface area contributed by atoms with Crippen molar-refractivity contribution in [2.24, 2.45) is 0 Å². The molecule has 9 heteroatoms. The van der Waals surface area contributed by atoms with Crippen LogP contribution < -0.4 is 0 Å². The largest absolute Gasteiger partial charge is 0.389 e. The van der Waals surface area contributed by atoms with E-state index in [2.05, 4.69) is 12.1 Å². The molecule has 35 heavy (non-hydrogen) atoms. The van der Waals surface area contributed by atoms with Gasteiger partial charge in [0, 0.05) is 19.6 Å². The Morgan fingerprint density at radius 1 is 1.00 bits per heavy atom. The zero-order valence-electron chi connectivity index (χ0n) is 19.7. The summed E-state index contributed by atoms with van der Waals surface area (Å²) in [4.78, 5) is 15.2. The van der Waals surface area contributed by atoms with Crippen LogP contribution in [0.5, 0.6) is 0 Å². The van der Waals surface area contributed by atoms with Crippen molar-refractivity contribution in [3.05, 3.63) is 65.7 Å². The van der Waals surface area contributed by atoms with E-state index in [1.807, 2.05) is 17.0 Å². The number of aliphatic hydroxyl groups excluding tert-OH is 1. The second-order valence-electron chi connectivity index (χ2n) is 9.56. The van der Waals surface area contributed by atoms with Crippen molar-refractivity contribution in [3.8, 4) is 0 Å². The van der Waals surface area contributed by atoms with Gasteiger partial charge in [-0.2, -0.15) is 4.31 Å². The Bertz CT molecular complexity index is 1140. The van der Waals surface area contributed by atoms with E-state index < -0.39 is 28.3 Å². The fraction of sp³-hybridized carbons (Fsp3) is 0.500. The van der Waals surface area contributed by atoms with Crippen LogP contribution in [0.3, 0.4) is 0 Å². The smallest absolute Gasteiger partial charge is 0.243 e. The minimum Gasteiger partial charge on any atom is -0.389 e. The van der Waals surface area contributed by atoms with Gasteiger partial charge in [0.2, 0.25) is 15.9 Å². The van der Waals surface area contributed by atoms with E-state index in [9.17, 15) is 18.3 Å². The molecule has 5 rings (SSSR count). The third-order valence-electron chi connectivity index (χ3n) is 7.17. The highest BCUT2D eigenvalue weighted by molar-refractivity contribution is 7.89. The average molecular weight is 501 g/mol. The summed E-state index contributed by atoms with van der Waals surface area (Å²) in [6.07, 6.45) is 0.488. The van der Waals surface area contributed by atoms with Crippen LogP contribution in [0.4, 0.5) is 0 Å². The number of fused-ring (bicyclic) bond motifs is 2. The zero-order valence-corrected chi connectivity index (χ0v) is 20.5. The monoisotopic (exact) mass is 500 g/mol. The van der Waals surface area contributed by atoms with Crippen LogP contribution in [0.1, 0.15) is 30.4 Å². The van der Waals surface area contributed by atoms with Crippen molar-refractivity contribution in [1.29, 1.82) is 0 Å². The van der Waals surface area contributed by atoms with Gasteiger partial charge in [-0.25, -0.2) is 8.42 Å². The minimum absolute atomic E-state index is 0.0319. The lowest BCUT2D eigenvalue weighted by atomic mass is 9.95. The normalized spacial score (nSPS) is 27.9. The maximum atomic E-state index is 13.5. The van der Waals surface area contributed by atoms with Crippen LogP contribution in [-0.2, 0) is 37.3 Å². The number of ether oxygens (including phenoxy) is 2. The molecule has 0 aromatic heterocycles. The fourth-order valence-corrected chi connectivity index (χ4v) is 7.07. The lowest BCUT2D eigenvalue weighted by Gasteiger charge is -2.44. The number of aliphatic hydroxyl groups is 1. The SMILES string of the molecule is O=C(C[C@H]1CC[C@@H]2[C@H](COC[C@H](O)CN2S(=O)(=O)c2ccccc2)O1)N1CCc2ccccc2C1. The van der Waals surface area contributed by atoms with Crippen molar-refractivity contribution in [2.45, 2.75) is 61.5 Å². The Morgan fingerprint density at radius 2 is 1.74 bits per heavy atom. The molecule has 2 saturated heterocycles. The number of carbonyl (C=O) groups excluding carboxylic acids is 1. The highest BCUT2D eigenvalue weighted by Gasteiger charge is 2.43. The van der Waals surface area contributed by atoms with Crippen molar-refractivity contribution in [2.75, 3.05) is 26.3 Å². The van der Waals surface area contributed by atoms with Gasteiger partial charge < -0.3 is 19.5 Å². The minimum atomic E-state index is -3.83. The van der Waals surface area contributed by atoms with Gasteiger partial charge in [-0.3, -0.25) is 4.79 Å². The first-order valence-electron chi connectivity index (χ1n) is 12.2. The van der Waals surface area contributed by atoms with E-state index in [1.165, 1.54) is 15.4 Å². The molecule has 1 N–H and O–H groups in total. The number of sulfonamides is 1. The standard InChI is InChI=1S/C26H32N2O6S/c29-21-16-28(35(31,32)23-8-2-1-3-9-23)24-11-10-22(34-25(24)18-33-17-21)14-26(30)27-13-12-19-6-4-5-7-20(19)15-27/h1-9,21-22,24-25,29H,10-18H2/t21-,22-,24-,25+/m1/s1. The van der Waals surface area contributed by atoms with E-state index in [4.69, 9.17) is 9.47 Å². The molecule has 188 valence electrons. The van der Waals surface area contributed by atoms with Gasteiger partial charge in [-0.05, 0) is 42.5 Å². The van der Waals surface area contributed by atoms with E-state index in [-0.39, 0.29) is 43.1 Å². The summed E-state index contributed by atoms with van der Waals surface area (Å²) in [5.74, 6) is 0.0545. The molecule has 0 bridgehead atoms. The lowest BCUT2D eigenvalue weighted by Crippen LogP contribution is -2.57. The maximum Gasteiger partial charge on any atom is 0.243 e. The first-order chi connectivity index (χ1) is 16.9. The summed E-state index contributed by atoms with van der Waals surface area (Å²) in [7, 11) is -3.83. The summed E-state index contributed by atoms with van der Waals surface area (Å²) < 4.78 is 40.3. The third-order valence-corrected chi connectivity index (χ3v) is 9.07. The fourth-order valence-electron chi connectivity index (χ4n) is 5.33. The molecule has 3 aliphatic rings. The van der Waals surface area contributed by atoms with Crippen LogP contribution in [0.15, 0.2) is 59.5 Å². The lowest BCUT2D eigenvalue weighted by molar-refractivity contribution is -0.152. The topological polar surface area (TPSA) is 96.4 Å². The quantitative estimate of drug-likeness (QED) is 0.690. The summed E-state index contributed by atoms with van der Waals surface area (Å²) in [6.45, 7) is 1.45. The second kappa shape index (κ2) is 10.4. The first kappa shape index (κ1) is 24.4. The van der Waals surface area contributed by atoms with Gasteiger partial charge in [0.1, 0.15) is 0 Å². The average Bonchev–Trinajstić information content (AvgIpc) is 2.87. The van der Waals surface area contributed by atoms with Crippen molar-refractivity contribution in [3.63, 3.8) is 0 Å². The molecule has 0 spiro atoms. The third kappa shape index (κ3) is 5.29. The molecule has 0 radical (unpaired) electrons. The number of rotatable bonds is 4. The predicted molar refractivity (Wildman–Crippen MR) is 129 cm³/mol. The summed E-state index contributed by atoms with van der Waals surface area (Å²) in [5.41, 5.74) is 2.48. The molecule has 8 nitrogen and oxygen atoms in total. The number of β-amino-alcohol motifs (C(OH)–C–C–N with tert-alkyl or cyclic N) is 1. The Morgan fingerprint density at radius 3 is 2.54 bits per heavy atom. The molecule has 3 heterocycles. The molecule has 3 aliphatic heterocycles. The van der Waals surface area contributed by atoms with E-state index in [1.54, 1.807) is 30.3 Å². The number of hydrogen-bond acceptors (Lipinski definition) is 6. The molecule has 0 aliphatic carbocycles. The van der Waals surface area contributed by atoms with Gasteiger partial charge in [0.25, 0.3) is 0 Å². The van der Waals surface area contributed by atoms with Gasteiger partial charge >= 0.3 is 0 Å². The van der Waals surface area contributed by atoms with Gasteiger partial charge in [0.15, 0.2) is 0 Å². The Hall–Kier alpha value is -2.30. The maximum absolute atomic E-state index is 13.5. The second-order valence-corrected chi connectivity index (χ2v) is 11.4. The number of hydrogen-bond donors (Lipinski definition) is 1. The van der Waals surface area contributed by atoms with Crippen LogP contribution in [-0.4, -0.2) is 79.3 Å². The predicted octanol–water partition coefficient (Wildman–Crippen LogP) is 1.96. The van der Waals surface area contributed by atoms with Crippen LogP contribution in [0.25, 0.3) is 0 Å². The molecule has 2 fully saturated rings. The van der Waals surface area contributed by atoms with Crippen LogP contribution in [0, 0.1) is 0 Å². The molecule has 1 amide bonds. The molecule has 2 aromatic rings. The van der Waals surface area contributed by atoms with Crippen molar-refractivity contribution >= 4 is 15.9 Å². The summed E-state index contributed by atoms with van der Waals surface area (Å²) >= 11 is 0. The molecule has 0 saturated carbocycles. The van der Waals surface area contributed by atoms with E-state index in [0.717, 1.165) is 6.42 Å². The van der Waals surface area contributed by atoms with Crippen molar-refractivity contribution < 1.29 is 27.8 Å². The number of nitrogens with zero attached hydrogens (tertiary/aromatic N) is 2. The summed E-state index contributed by atoms with van der Waals surface area (Å²) in [5, 5.41) is 10.3. The van der Waals surface area contributed by atoms with E-state index >= 15 is 0 Å². The number of benzene rings is 2. The number of carbonyl (C=O) groups is 1. The van der Waals surface area contributed by atoms with Gasteiger partial charge in [-0.1, -0.05) is 42.5 Å². The number of amides is 1. The zero-order chi connectivity index (χ0) is 24.4. The molecule has 2 aromatic carbocycles. The molecule has 0 unspecified atom stereocenters. The van der Waals surface area contributed by atoms with Crippen LogP contribution in [0.2, 0.25) is 0 Å². The molecular formula is C26H32N2O6S.